The third kappa shape index (κ3) is 2.68. The Labute approximate surface area is 139 Å². The van der Waals surface area contributed by atoms with Gasteiger partial charge < -0.3 is 4.57 Å². The summed E-state index contributed by atoms with van der Waals surface area (Å²) in [5.74, 6) is 0. The number of nitrogens with zero attached hydrogens (tertiary/aromatic N) is 2. The molecule has 2 nitrogen and oxygen atoms in total. The maximum atomic E-state index is 6.09. The summed E-state index contributed by atoms with van der Waals surface area (Å²) in [5, 5.41) is 1.74. The fourth-order valence-electron chi connectivity index (χ4n) is 2.01. The lowest BCUT2D eigenvalue weighted by Crippen LogP contribution is -1.99. The van der Waals surface area contributed by atoms with Crippen LogP contribution < -0.4 is 0 Å². The zero-order valence-corrected chi connectivity index (χ0v) is 13.9. The third-order valence-electron chi connectivity index (χ3n) is 3.00. The standard InChI is InChI=1S/C14H8BrCl3N2/c15-14-19-12-5-10(17)11(18)6-13(12)20(14)7-8-1-3-9(16)4-2-8/h1-6H,7H2. The molecule has 0 aliphatic carbocycles. The van der Waals surface area contributed by atoms with Crippen molar-refractivity contribution in [1.29, 1.82) is 0 Å². The minimum Gasteiger partial charge on any atom is -0.314 e. The molecule has 6 heteroatoms. The highest BCUT2D eigenvalue weighted by Crippen LogP contribution is 2.30. The van der Waals surface area contributed by atoms with E-state index in [-0.39, 0.29) is 0 Å². The average Bonchev–Trinajstić information content (AvgIpc) is 2.69. The third-order valence-corrected chi connectivity index (χ3v) is 4.58. The minimum atomic E-state index is 0.503. The molecule has 0 bridgehead atoms. The van der Waals surface area contributed by atoms with Crippen molar-refractivity contribution >= 4 is 61.8 Å². The van der Waals surface area contributed by atoms with Gasteiger partial charge in [-0.05, 0) is 45.8 Å². The number of hydrogen-bond acceptors (Lipinski definition) is 1. The molecule has 0 fully saturated rings. The van der Waals surface area contributed by atoms with Gasteiger partial charge in [-0.2, -0.15) is 0 Å². The molecule has 0 radical (unpaired) electrons. The fourth-order valence-corrected chi connectivity index (χ4v) is 2.96. The van der Waals surface area contributed by atoms with Crippen molar-refractivity contribution in [1.82, 2.24) is 9.55 Å². The minimum absolute atomic E-state index is 0.503. The second-order valence-electron chi connectivity index (χ2n) is 4.35. The van der Waals surface area contributed by atoms with E-state index in [1.807, 2.05) is 34.9 Å². The van der Waals surface area contributed by atoms with Crippen LogP contribution in [0.25, 0.3) is 11.0 Å². The van der Waals surface area contributed by atoms with Gasteiger partial charge in [0.15, 0.2) is 4.73 Å². The van der Waals surface area contributed by atoms with Gasteiger partial charge in [-0.15, -0.1) is 0 Å². The highest BCUT2D eigenvalue weighted by Gasteiger charge is 2.11. The Morgan fingerprint density at radius 1 is 1.00 bits per heavy atom. The van der Waals surface area contributed by atoms with Crippen LogP contribution in [-0.2, 0) is 6.54 Å². The predicted octanol–water partition coefficient (Wildman–Crippen LogP) is 5.81. The Morgan fingerprint density at radius 2 is 1.65 bits per heavy atom. The quantitative estimate of drug-likeness (QED) is 0.540. The Bertz CT molecular complexity index is 781. The molecule has 0 spiro atoms. The molecular formula is C14H8BrCl3N2. The summed E-state index contributed by atoms with van der Waals surface area (Å²) in [6.45, 7) is 0.673. The lowest BCUT2D eigenvalue weighted by Gasteiger charge is -2.07. The maximum Gasteiger partial charge on any atom is 0.178 e. The van der Waals surface area contributed by atoms with Gasteiger partial charge in [0, 0.05) is 5.02 Å². The molecule has 102 valence electrons. The van der Waals surface area contributed by atoms with Crippen molar-refractivity contribution in [2.75, 3.05) is 0 Å². The molecule has 20 heavy (non-hydrogen) atoms. The zero-order valence-electron chi connectivity index (χ0n) is 10.1. The van der Waals surface area contributed by atoms with Gasteiger partial charge in [0.2, 0.25) is 0 Å². The van der Waals surface area contributed by atoms with Crippen LogP contribution in [-0.4, -0.2) is 9.55 Å². The summed E-state index contributed by atoms with van der Waals surface area (Å²) in [4.78, 5) is 4.44. The topological polar surface area (TPSA) is 17.8 Å². The number of halogens is 4. The van der Waals surface area contributed by atoms with Gasteiger partial charge >= 0.3 is 0 Å². The lowest BCUT2D eigenvalue weighted by atomic mass is 10.2. The van der Waals surface area contributed by atoms with Crippen LogP contribution in [0, 0.1) is 0 Å². The summed E-state index contributed by atoms with van der Waals surface area (Å²) in [5.41, 5.74) is 2.86. The summed E-state index contributed by atoms with van der Waals surface area (Å²) >= 11 is 21.5. The van der Waals surface area contributed by atoms with E-state index in [4.69, 9.17) is 34.8 Å². The first kappa shape index (κ1) is 14.2. The molecule has 0 aliphatic heterocycles. The number of rotatable bonds is 2. The SMILES string of the molecule is Clc1ccc(Cn2c(Br)nc3cc(Cl)c(Cl)cc32)cc1. The van der Waals surface area contributed by atoms with E-state index in [1.165, 1.54) is 0 Å². The summed E-state index contributed by atoms with van der Waals surface area (Å²) in [7, 11) is 0. The summed E-state index contributed by atoms with van der Waals surface area (Å²) in [6, 6.07) is 11.3. The second kappa shape index (κ2) is 5.57. The maximum absolute atomic E-state index is 6.09. The number of imidazole rings is 1. The van der Waals surface area contributed by atoms with Gasteiger partial charge in [-0.1, -0.05) is 46.9 Å². The molecule has 3 rings (SSSR count). The van der Waals surface area contributed by atoms with E-state index in [9.17, 15) is 0 Å². The Kier molecular flexibility index (Phi) is 3.95. The van der Waals surface area contributed by atoms with E-state index >= 15 is 0 Å². The van der Waals surface area contributed by atoms with Crippen molar-refractivity contribution in [3.8, 4) is 0 Å². The van der Waals surface area contributed by atoms with Gasteiger partial charge in [-0.3, -0.25) is 0 Å². The van der Waals surface area contributed by atoms with Crippen molar-refractivity contribution < 1.29 is 0 Å². The van der Waals surface area contributed by atoms with Gasteiger partial charge in [0.1, 0.15) is 0 Å². The van der Waals surface area contributed by atoms with E-state index in [0.29, 0.717) is 16.6 Å². The van der Waals surface area contributed by atoms with E-state index in [1.54, 1.807) is 6.07 Å². The van der Waals surface area contributed by atoms with Gasteiger partial charge in [0.25, 0.3) is 0 Å². The number of hydrogen-bond donors (Lipinski definition) is 0. The van der Waals surface area contributed by atoms with E-state index in [2.05, 4.69) is 20.9 Å². The highest BCUT2D eigenvalue weighted by atomic mass is 79.9. The van der Waals surface area contributed by atoms with Crippen LogP contribution in [0.2, 0.25) is 15.1 Å². The van der Waals surface area contributed by atoms with Crippen LogP contribution in [0.4, 0.5) is 0 Å². The van der Waals surface area contributed by atoms with E-state index in [0.717, 1.165) is 26.4 Å². The van der Waals surface area contributed by atoms with Crippen molar-refractivity contribution in [3.63, 3.8) is 0 Å². The smallest absolute Gasteiger partial charge is 0.178 e. The molecule has 0 N–H and O–H groups in total. The molecule has 1 heterocycles. The first-order valence-electron chi connectivity index (χ1n) is 5.80. The van der Waals surface area contributed by atoms with Crippen molar-refractivity contribution in [2.24, 2.45) is 0 Å². The molecule has 1 aromatic heterocycles. The van der Waals surface area contributed by atoms with E-state index < -0.39 is 0 Å². The summed E-state index contributed by atoms with van der Waals surface area (Å²) < 4.78 is 2.77. The molecular weight excluding hydrogens is 382 g/mol. The van der Waals surface area contributed by atoms with Crippen molar-refractivity contribution in [2.45, 2.75) is 6.54 Å². The number of fused-ring (bicyclic) bond motifs is 1. The first-order valence-corrected chi connectivity index (χ1v) is 7.72. The largest absolute Gasteiger partial charge is 0.314 e. The molecule has 0 saturated carbocycles. The Hall–Kier alpha value is -0.740. The Balaban J connectivity index is 2.08. The van der Waals surface area contributed by atoms with Crippen LogP contribution in [0.3, 0.4) is 0 Å². The normalized spacial score (nSPS) is 11.2. The first-order chi connectivity index (χ1) is 9.54. The lowest BCUT2D eigenvalue weighted by molar-refractivity contribution is 0.800. The molecule has 2 aromatic carbocycles. The molecule has 0 amide bonds. The fraction of sp³-hybridized carbons (Fsp3) is 0.0714. The van der Waals surface area contributed by atoms with Crippen LogP contribution in [0.15, 0.2) is 41.1 Å². The molecule has 0 aliphatic rings. The van der Waals surface area contributed by atoms with Gasteiger partial charge in [-0.25, -0.2) is 4.98 Å². The van der Waals surface area contributed by atoms with Crippen LogP contribution >= 0.6 is 50.7 Å². The van der Waals surface area contributed by atoms with Crippen molar-refractivity contribution in [3.05, 3.63) is 61.8 Å². The zero-order chi connectivity index (χ0) is 14.3. The van der Waals surface area contributed by atoms with Gasteiger partial charge in [0.05, 0.1) is 27.6 Å². The van der Waals surface area contributed by atoms with Crippen LogP contribution in [0.5, 0.6) is 0 Å². The Morgan fingerprint density at radius 3 is 2.35 bits per heavy atom. The molecule has 3 aromatic rings. The monoisotopic (exact) mass is 388 g/mol. The predicted molar refractivity (Wildman–Crippen MR) is 88.0 cm³/mol. The highest BCUT2D eigenvalue weighted by molar-refractivity contribution is 9.10. The second-order valence-corrected chi connectivity index (χ2v) is 6.31. The molecule has 0 atom stereocenters. The number of benzene rings is 2. The molecule has 0 saturated heterocycles. The number of aromatic nitrogens is 2. The molecule has 0 unspecified atom stereocenters. The average molecular weight is 390 g/mol. The summed E-state index contributed by atoms with van der Waals surface area (Å²) in [6.07, 6.45) is 0. The van der Waals surface area contributed by atoms with Crippen LogP contribution in [0.1, 0.15) is 5.56 Å².